The van der Waals surface area contributed by atoms with Crippen LogP contribution in [-0.4, -0.2) is 6.54 Å². The first kappa shape index (κ1) is 9.41. The van der Waals surface area contributed by atoms with Gasteiger partial charge in [-0.25, -0.2) is 0 Å². The van der Waals surface area contributed by atoms with Crippen LogP contribution in [-0.2, 0) is 0 Å². The lowest BCUT2D eigenvalue weighted by molar-refractivity contribution is 0.0361. The van der Waals surface area contributed by atoms with E-state index in [0.717, 1.165) is 0 Å². The van der Waals surface area contributed by atoms with Gasteiger partial charge in [0.1, 0.15) is 0 Å². The van der Waals surface area contributed by atoms with Crippen molar-refractivity contribution in [3.05, 3.63) is 35.9 Å². The maximum atomic E-state index is 3.62. The van der Waals surface area contributed by atoms with E-state index in [1.165, 1.54) is 44.2 Å². The van der Waals surface area contributed by atoms with E-state index in [0.29, 0.717) is 11.5 Å². The van der Waals surface area contributed by atoms with Crippen LogP contribution < -0.4 is 5.32 Å². The summed E-state index contributed by atoms with van der Waals surface area (Å²) in [4.78, 5) is 0. The Hall–Kier alpha value is -0.820. The van der Waals surface area contributed by atoms with E-state index < -0.39 is 0 Å². The van der Waals surface area contributed by atoms with E-state index in [4.69, 9.17) is 0 Å². The lowest BCUT2D eigenvalue weighted by Gasteiger charge is -2.53. The Labute approximate surface area is 91.9 Å². The third kappa shape index (κ3) is 1.50. The van der Waals surface area contributed by atoms with Crippen LogP contribution in [0, 0.1) is 5.41 Å². The monoisotopic (exact) mass is 201 g/mol. The van der Waals surface area contributed by atoms with Crippen LogP contribution in [0.5, 0.6) is 0 Å². The number of hydrogen-bond acceptors (Lipinski definition) is 1. The molecule has 0 radical (unpaired) electrons. The van der Waals surface area contributed by atoms with Crippen molar-refractivity contribution in [2.24, 2.45) is 5.41 Å². The fourth-order valence-electron chi connectivity index (χ4n) is 3.33. The molecule has 1 atom stereocenters. The Kier molecular flexibility index (Phi) is 2.28. The average Bonchev–Trinajstić information content (AvgIpc) is 2.30. The maximum Gasteiger partial charge on any atom is 0.0389 e. The van der Waals surface area contributed by atoms with Gasteiger partial charge >= 0.3 is 0 Å². The highest BCUT2D eigenvalue weighted by molar-refractivity contribution is 5.25. The molecule has 1 heterocycles. The van der Waals surface area contributed by atoms with E-state index in [9.17, 15) is 0 Å². The largest absolute Gasteiger partial charge is 0.309 e. The van der Waals surface area contributed by atoms with E-state index in [1.807, 2.05) is 0 Å². The maximum absolute atomic E-state index is 3.62. The van der Waals surface area contributed by atoms with Gasteiger partial charge in [0.2, 0.25) is 0 Å². The first-order valence-electron chi connectivity index (χ1n) is 6.19. The molecule has 0 aromatic heterocycles. The number of nitrogens with one attached hydrogen (secondary N) is 1. The molecule has 1 saturated heterocycles. The molecular weight excluding hydrogens is 182 g/mol. The molecule has 1 N–H and O–H groups in total. The van der Waals surface area contributed by atoms with Crippen molar-refractivity contribution in [1.82, 2.24) is 5.32 Å². The predicted molar refractivity (Wildman–Crippen MR) is 62.7 cm³/mol. The molecule has 0 amide bonds. The van der Waals surface area contributed by atoms with Crippen LogP contribution in [0.1, 0.15) is 43.7 Å². The standard InChI is InChI=1S/C14H19N/c1-3-7-12(8-4-1)13-14(11-15-13)9-5-2-6-10-14/h1,3-4,7-8,13,15H,2,5-6,9-11H2. The second-order valence-electron chi connectivity index (χ2n) is 5.15. The molecular formula is C14H19N. The Bertz CT molecular complexity index is 324. The van der Waals surface area contributed by atoms with Crippen molar-refractivity contribution >= 4 is 0 Å². The van der Waals surface area contributed by atoms with Crippen molar-refractivity contribution in [3.8, 4) is 0 Å². The molecule has 80 valence electrons. The summed E-state index contributed by atoms with van der Waals surface area (Å²) in [6.45, 7) is 1.24. The Morgan fingerprint density at radius 3 is 2.33 bits per heavy atom. The zero-order valence-corrected chi connectivity index (χ0v) is 9.21. The molecule has 3 rings (SSSR count). The van der Waals surface area contributed by atoms with Crippen molar-refractivity contribution in [2.75, 3.05) is 6.54 Å². The average molecular weight is 201 g/mol. The second-order valence-corrected chi connectivity index (χ2v) is 5.15. The molecule has 1 aromatic carbocycles. The summed E-state index contributed by atoms with van der Waals surface area (Å²) in [6, 6.07) is 11.6. The smallest absolute Gasteiger partial charge is 0.0389 e. The number of hydrogen-bond donors (Lipinski definition) is 1. The van der Waals surface area contributed by atoms with Crippen LogP contribution >= 0.6 is 0 Å². The zero-order valence-electron chi connectivity index (χ0n) is 9.21. The van der Waals surface area contributed by atoms with Gasteiger partial charge in [-0.05, 0) is 18.4 Å². The Morgan fingerprint density at radius 1 is 1.00 bits per heavy atom. The summed E-state index contributed by atoms with van der Waals surface area (Å²) in [5.41, 5.74) is 2.10. The molecule has 15 heavy (non-hydrogen) atoms. The quantitative estimate of drug-likeness (QED) is 0.735. The molecule has 0 bridgehead atoms. The van der Waals surface area contributed by atoms with Crippen LogP contribution in [0.25, 0.3) is 0 Å². The van der Waals surface area contributed by atoms with E-state index in [2.05, 4.69) is 35.6 Å². The lowest BCUT2D eigenvalue weighted by Crippen LogP contribution is -2.56. The topological polar surface area (TPSA) is 12.0 Å². The predicted octanol–water partition coefficient (Wildman–Crippen LogP) is 3.28. The summed E-state index contributed by atoms with van der Waals surface area (Å²) in [5, 5.41) is 3.62. The Balaban J connectivity index is 1.83. The van der Waals surface area contributed by atoms with Crippen LogP contribution in [0.3, 0.4) is 0 Å². The van der Waals surface area contributed by atoms with Crippen LogP contribution in [0.4, 0.5) is 0 Å². The molecule has 1 heteroatoms. The third-order valence-electron chi connectivity index (χ3n) is 4.25. The van der Waals surface area contributed by atoms with Crippen molar-refractivity contribution in [2.45, 2.75) is 38.1 Å². The van der Waals surface area contributed by atoms with Crippen LogP contribution in [0.15, 0.2) is 30.3 Å². The van der Waals surface area contributed by atoms with Gasteiger partial charge in [0.05, 0.1) is 0 Å². The Morgan fingerprint density at radius 2 is 1.73 bits per heavy atom. The summed E-state index contributed by atoms with van der Waals surface area (Å²) < 4.78 is 0. The summed E-state index contributed by atoms with van der Waals surface area (Å²) in [6.07, 6.45) is 7.18. The third-order valence-corrected chi connectivity index (χ3v) is 4.25. The van der Waals surface area contributed by atoms with Gasteiger partial charge in [-0.3, -0.25) is 0 Å². The fourth-order valence-corrected chi connectivity index (χ4v) is 3.33. The molecule has 1 aromatic rings. The highest BCUT2D eigenvalue weighted by atomic mass is 15.0. The first-order chi connectivity index (χ1) is 7.41. The highest BCUT2D eigenvalue weighted by Gasteiger charge is 2.47. The summed E-state index contributed by atoms with van der Waals surface area (Å²) in [7, 11) is 0. The molecule has 1 saturated carbocycles. The first-order valence-corrected chi connectivity index (χ1v) is 6.19. The minimum atomic E-state index is 0.611. The van der Waals surface area contributed by atoms with Gasteiger partial charge in [0.25, 0.3) is 0 Å². The van der Waals surface area contributed by atoms with E-state index in [-0.39, 0.29) is 0 Å². The molecule has 1 aliphatic carbocycles. The van der Waals surface area contributed by atoms with Crippen LogP contribution in [0.2, 0.25) is 0 Å². The highest BCUT2D eigenvalue weighted by Crippen LogP contribution is 2.50. The molecule has 1 spiro atoms. The van der Waals surface area contributed by atoms with Gasteiger partial charge < -0.3 is 5.32 Å². The SMILES string of the molecule is c1ccc(C2NCC23CCCCC3)cc1. The molecule has 2 fully saturated rings. The van der Waals surface area contributed by atoms with Gasteiger partial charge in [0, 0.05) is 18.0 Å². The van der Waals surface area contributed by atoms with E-state index >= 15 is 0 Å². The second kappa shape index (κ2) is 3.64. The molecule has 1 aliphatic heterocycles. The summed E-state index contributed by atoms with van der Waals surface area (Å²) in [5.74, 6) is 0. The van der Waals surface area contributed by atoms with Gasteiger partial charge in [-0.15, -0.1) is 0 Å². The minimum absolute atomic E-state index is 0.611. The number of rotatable bonds is 1. The van der Waals surface area contributed by atoms with Crippen molar-refractivity contribution in [1.29, 1.82) is 0 Å². The summed E-state index contributed by atoms with van der Waals surface area (Å²) >= 11 is 0. The van der Waals surface area contributed by atoms with Crippen molar-refractivity contribution in [3.63, 3.8) is 0 Å². The lowest BCUT2D eigenvalue weighted by atomic mass is 9.62. The fraction of sp³-hybridized carbons (Fsp3) is 0.571. The zero-order chi connectivity index (χ0) is 10.1. The van der Waals surface area contributed by atoms with Crippen molar-refractivity contribution < 1.29 is 0 Å². The van der Waals surface area contributed by atoms with Gasteiger partial charge in [0.15, 0.2) is 0 Å². The molecule has 2 aliphatic rings. The van der Waals surface area contributed by atoms with E-state index in [1.54, 1.807) is 0 Å². The molecule has 1 unspecified atom stereocenters. The number of benzene rings is 1. The molecule has 1 nitrogen and oxygen atoms in total. The van der Waals surface area contributed by atoms with Gasteiger partial charge in [-0.1, -0.05) is 49.6 Å². The van der Waals surface area contributed by atoms with Gasteiger partial charge in [-0.2, -0.15) is 0 Å². The normalized spacial score (nSPS) is 28.7. The minimum Gasteiger partial charge on any atom is -0.309 e.